The van der Waals surface area contributed by atoms with Crippen LogP contribution in [0.2, 0.25) is 0 Å². The normalized spacial score (nSPS) is 47.0. The van der Waals surface area contributed by atoms with E-state index in [4.69, 9.17) is 0 Å². The summed E-state index contributed by atoms with van der Waals surface area (Å²) >= 11 is 14.9. The number of rotatable bonds is 0. The summed E-state index contributed by atoms with van der Waals surface area (Å²) in [6.07, 6.45) is 2.38. The van der Waals surface area contributed by atoms with Crippen molar-refractivity contribution in [2.24, 2.45) is 0 Å². The maximum atomic E-state index is 3.71. The van der Waals surface area contributed by atoms with E-state index in [9.17, 15) is 0 Å². The van der Waals surface area contributed by atoms with Crippen molar-refractivity contribution in [3.63, 3.8) is 0 Å². The number of alkyl halides is 4. The van der Waals surface area contributed by atoms with Crippen LogP contribution in [-0.4, -0.2) is 19.3 Å². The summed E-state index contributed by atoms with van der Waals surface area (Å²) in [5.74, 6) is 0. The van der Waals surface area contributed by atoms with Gasteiger partial charge in [0.05, 0.1) is 0 Å². The molecule has 4 heteroatoms. The van der Waals surface area contributed by atoms with Crippen molar-refractivity contribution < 1.29 is 0 Å². The molecule has 0 amide bonds. The Labute approximate surface area is 106 Å². The van der Waals surface area contributed by atoms with Crippen molar-refractivity contribution in [1.29, 1.82) is 0 Å². The minimum atomic E-state index is 0.573. The number of hydrogen-bond donors (Lipinski definition) is 0. The molecule has 0 aromatic carbocycles. The van der Waals surface area contributed by atoms with Gasteiger partial charge >= 0.3 is 0 Å². The Morgan fingerprint density at radius 3 is 1.17 bits per heavy atom. The Morgan fingerprint density at radius 2 is 0.917 bits per heavy atom. The monoisotopic (exact) mass is 420 g/mol. The lowest BCUT2D eigenvalue weighted by atomic mass is 10.1. The summed E-state index contributed by atoms with van der Waals surface area (Å²) in [6.45, 7) is 0. The standard InChI is InChI=1S/C8H8Br4/c9-3-1-4(10)8-6(12)2-5(11)7(3)8/h3-6H,1-2H2/t3-,4-,5+,6+. The van der Waals surface area contributed by atoms with Crippen LogP contribution in [0.25, 0.3) is 0 Å². The van der Waals surface area contributed by atoms with Crippen LogP contribution in [-0.2, 0) is 0 Å². The first-order chi connectivity index (χ1) is 5.61. The lowest BCUT2D eigenvalue weighted by molar-refractivity contribution is 0.827. The molecule has 0 heterocycles. The average Bonchev–Trinajstić information content (AvgIpc) is 2.38. The molecule has 2 aliphatic carbocycles. The van der Waals surface area contributed by atoms with Gasteiger partial charge in [0.2, 0.25) is 0 Å². The molecule has 0 aliphatic heterocycles. The molecular weight excluding hydrogens is 416 g/mol. The highest BCUT2D eigenvalue weighted by Crippen LogP contribution is 2.50. The van der Waals surface area contributed by atoms with Crippen LogP contribution < -0.4 is 0 Å². The average molecular weight is 424 g/mol. The molecular formula is C8H8Br4. The molecule has 4 atom stereocenters. The Hall–Kier alpha value is 1.66. The molecule has 0 saturated heterocycles. The van der Waals surface area contributed by atoms with E-state index in [1.165, 1.54) is 12.8 Å². The second-order valence-corrected chi connectivity index (χ2v) is 7.67. The summed E-state index contributed by atoms with van der Waals surface area (Å²) in [4.78, 5) is 2.29. The van der Waals surface area contributed by atoms with Gasteiger partial charge in [0.1, 0.15) is 0 Å². The topological polar surface area (TPSA) is 0 Å². The van der Waals surface area contributed by atoms with Gasteiger partial charge in [-0.1, -0.05) is 63.7 Å². The van der Waals surface area contributed by atoms with E-state index in [1.807, 2.05) is 0 Å². The van der Waals surface area contributed by atoms with Crippen LogP contribution in [0.4, 0.5) is 0 Å². The minimum absolute atomic E-state index is 0.573. The quantitative estimate of drug-likeness (QED) is 0.406. The molecule has 0 saturated carbocycles. The number of allylic oxidation sites excluding steroid dienone is 2. The van der Waals surface area contributed by atoms with Crippen molar-refractivity contribution >= 4 is 63.7 Å². The highest BCUT2D eigenvalue weighted by Gasteiger charge is 2.42. The van der Waals surface area contributed by atoms with Gasteiger partial charge in [0, 0.05) is 19.3 Å². The molecule has 0 aromatic heterocycles. The Bertz CT molecular complexity index is 191. The summed E-state index contributed by atoms with van der Waals surface area (Å²) in [5.41, 5.74) is 3.14. The Kier molecular flexibility index (Phi) is 3.11. The van der Waals surface area contributed by atoms with Gasteiger partial charge in [-0.15, -0.1) is 0 Å². The summed E-state index contributed by atoms with van der Waals surface area (Å²) in [6, 6.07) is 0. The summed E-state index contributed by atoms with van der Waals surface area (Å²) < 4.78 is 0. The Balaban J connectivity index is 2.36. The molecule has 2 aliphatic rings. The molecule has 0 unspecified atom stereocenters. The van der Waals surface area contributed by atoms with Crippen molar-refractivity contribution in [2.75, 3.05) is 0 Å². The third-order valence-electron chi connectivity index (χ3n) is 2.51. The largest absolute Gasteiger partial charge is 0.0841 e. The number of halogens is 4. The van der Waals surface area contributed by atoms with Crippen molar-refractivity contribution in [3.05, 3.63) is 11.1 Å². The van der Waals surface area contributed by atoms with Crippen LogP contribution in [0, 0.1) is 0 Å². The van der Waals surface area contributed by atoms with Crippen molar-refractivity contribution in [1.82, 2.24) is 0 Å². The molecule has 0 radical (unpaired) electrons. The zero-order chi connectivity index (χ0) is 8.88. The highest BCUT2D eigenvalue weighted by atomic mass is 79.9. The molecule has 0 aromatic rings. The molecule has 2 rings (SSSR count). The van der Waals surface area contributed by atoms with E-state index < -0.39 is 0 Å². The highest BCUT2D eigenvalue weighted by molar-refractivity contribution is 9.11. The van der Waals surface area contributed by atoms with Crippen molar-refractivity contribution in [3.8, 4) is 0 Å². The second-order valence-electron chi connectivity index (χ2n) is 3.25. The summed E-state index contributed by atoms with van der Waals surface area (Å²) in [7, 11) is 0. The smallest absolute Gasteiger partial charge is 0.0382 e. The Morgan fingerprint density at radius 1 is 0.667 bits per heavy atom. The van der Waals surface area contributed by atoms with Crippen LogP contribution in [0.1, 0.15) is 12.8 Å². The molecule has 0 bridgehead atoms. The van der Waals surface area contributed by atoms with Gasteiger partial charge in [0.25, 0.3) is 0 Å². The van der Waals surface area contributed by atoms with E-state index in [-0.39, 0.29) is 0 Å². The van der Waals surface area contributed by atoms with E-state index in [0.29, 0.717) is 19.3 Å². The molecule has 0 nitrogen and oxygen atoms in total. The zero-order valence-electron chi connectivity index (χ0n) is 6.24. The van der Waals surface area contributed by atoms with Gasteiger partial charge in [-0.3, -0.25) is 0 Å². The lowest BCUT2D eigenvalue weighted by Gasteiger charge is -2.12. The third kappa shape index (κ3) is 1.51. The fourth-order valence-electron chi connectivity index (χ4n) is 1.99. The fourth-order valence-corrected chi connectivity index (χ4v) is 7.53. The van der Waals surface area contributed by atoms with E-state index in [2.05, 4.69) is 63.7 Å². The van der Waals surface area contributed by atoms with E-state index in [1.54, 1.807) is 11.1 Å². The SMILES string of the molecule is Br[C@@H]1C[C@@H](Br)C2=C1[C@@H](Br)C[C@@H]2Br. The first kappa shape index (κ1) is 10.2. The van der Waals surface area contributed by atoms with Crippen LogP contribution >= 0.6 is 63.7 Å². The van der Waals surface area contributed by atoms with Gasteiger partial charge in [-0.2, -0.15) is 0 Å². The second kappa shape index (κ2) is 3.67. The first-order valence-electron chi connectivity index (χ1n) is 3.91. The molecule has 0 spiro atoms. The predicted octanol–water partition coefficient (Wildman–Crippen LogP) is 4.14. The van der Waals surface area contributed by atoms with Gasteiger partial charge in [-0.05, 0) is 24.0 Å². The van der Waals surface area contributed by atoms with Gasteiger partial charge < -0.3 is 0 Å². The molecule has 0 fully saturated rings. The first-order valence-corrected chi connectivity index (χ1v) is 7.57. The number of hydrogen-bond acceptors (Lipinski definition) is 0. The fraction of sp³-hybridized carbons (Fsp3) is 0.750. The molecule has 68 valence electrons. The molecule has 0 N–H and O–H groups in total. The predicted molar refractivity (Wildman–Crippen MR) is 67.1 cm³/mol. The maximum absolute atomic E-state index is 3.71. The van der Waals surface area contributed by atoms with Crippen LogP contribution in [0.5, 0.6) is 0 Å². The van der Waals surface area contributed by atoms with Gasteiger partial charge in [0.15, 0.2) is 0 Å². The lowest BCUT2D eigenvalue weighted by Crippen LogP contribution is -2.11. The van der Waals surface area contributed by atoms with E-state index >= 15 is 0 Å². The van der Waals surface area contributed by atoms with Crippen LogP contribution in [0.3, 0.4) is 0 Å². The van der Waals surface area contributed by atoms with E-state index in [0.717, 1.165) is 0 Å². The third-order valence-corrected chi connectivity index (χ3v) is 5.98. The molecule has 12 heavy (non-hydrogen) atoms. The summed E-state index contributed by atoms with van der Waals surface area (Å²) in [5, 5.41) is 0. The zero-order valence-corrected chi connectivity index (χ0v) is 12.6. The maximum Gasteiger partial charge on any atom is 0.0382 e. The minimum Gasteiger partial charge on any atom is -0.0841 e. The van der Waals surface area contributed by atoms with Gasteiger partial charge in [-0.25, -0.2) is 0 Å². The van der Waals surface area contributed by atoms with Crippen LogP contribution in [0.15, 0.2) is 11.1 Å². The van der Waals surface area contributed by atoms with Crippen molar-refractivity contribution in [2.45, 2.75) is 32.2 Å².